The highest BCUT2D eigenvalue weighted by molar-refractivity contribution is 7.99. The quantitative estimate of drug-likeness (QED) is 0.566. The van der Waals surface area contributed by atoms with Gasteiger partial charge in [-0.1, -0.05) is 29.4 Å². The lowest BCUT2D eigenvalue weighted by atomic mass is 10.1. The topological polar surface area (TPSA) is 88.3 Å². The highest BCUT2D eigenvalue weighted by Crippen LogP contribution is 2.20. The molecule has 1 aromatic heterocycles. The van der Waals surface area contributed by atoms with Crippen LogP contribution in [0.1, 0.15) is 23.4 Å². The summed E-state index contributed by atoms with van der Waals surface area (Å²) >= 11 is 1.87. The standard InChI is InChI=1S/C24H25FN4O3S/c1-16-2-5-18(15-20(16)25)24-27-22(32-28-24)9-8-21(30)26-19-6-3-17(4-7-19)14-23(31)29-10-12-33-13-11-29/h2-7,15H,8-14H2,1H3,(H,26,30). The van der Waals surface area contributed by atoms with Crippen molar-refractivity contribution in [2.45, 2.75) is 26.2 Å². The van der Waals surface area contributed by atoms with Gasteiger partial charge in [0.2, 0.25) is 23.5 Å². The number of carbonyl (C=O) groups is 2. The molecule has 9 heteroatoms. The fourth-order valence-corrected chi connectivity index (χ4v) is 4.36. The van der Waals surface area contributed by atoms with Gasteiger partial charge in [-0.25, -0.2) is 4.39 Å². The van der Waals surface area contributed by atoms with E-state index in [1.54, 1.807) is 31.2 Å². The lowest BCUT2D eigenvalue weighted by Crippen LogP contribution is -2.38. The summed E-state index contributed by atoms with van der Waals surface area (Å²) in [5.74, 6) is 2.20. The minimum absolute atomic E-state index is 0.138. The Morgan fingerprint density at radius 1 is 1.15 bits per heavy atom. The third-order valence-electron chi connectivity index (χ3n) is 5.42. The summed E-state index contributed by atoms with van der Waals surface area (Å²) in [5, 5.41) is 6.70. The fraction of sp³-hybridized carbons (Fsp3) is 0.333. The zero-order chi connectivity index (χ0) is 23.2. The third kappa shape index (κ3) is 6.19. The first-order valence-electron chi connectivity index (χ1n) is 10.8. The summed E-state index contributed by atoms with van der Waals surface area (Å²) in [6, 6.07) is 12.0. The summed E-state index contributed by atoms with van der Waals surface area (Å²) < 4.78 is 18.9. The van der Waals surface area contributed by atoms with E-state index in [1.807, 2.05) is 28.8 Å². The summed E-state index contributed by atoms with van der Waals surface area (Å²) in [7, 11) is 0. The van der Waals surface area contributed by atoms with E-state index in [-0.39, 0.29) is 36.3 Å². The Morgan fingerprint density at radius 2 is 1.91 bits per heavy atom. The van der Waals surface area contributed by atoms with Crippen LogP contribution in [0.4, 0.5) is 10.1 Å². The van der Waals surface area contributed by atoms with Crippen molar-refractivity contribution in [3.8, 4) is 11.4 Å². The van der Waals surface area contributed by atoms with Gasteiger partial charge in [0, 0.05) is 48.7 Å². The first-order valence-corrected chi connectivity index (χ1v) is 12.0. The van der Waals surface area contributed by atoms with Gasteiger partial charge in [-0.05, 0) is 36.2 Å². The molecule has 2 heterocycles. The van der Waals surface area contributed by atoms with Crippen molar-refractivity contribution in [1.29, 1.82) is 0 Å². The van der Waals surface area contributed by atoms with Gasteiger partial charge >= 0.3 is 0 Å². The number of nitrogens with zero attached hydrogens (tertiary/aromatic N) is 3. The monoisotopic (exact) mass is 468 g/mol. The first-order chi connectivity index (χ1) is 16.0. The molecule has 0 unspecified atom stereocenters. The minimum atomic E-state index is -0.334. The van der Waals surface area contributed by atoms with Crippen LogP contribution in [-0.2, 0) is 22.4 Å². The summed E-state index contributed by atoms with van der Waals surface area (Å²) in [6.07, 6.45) is 0.800. The van der Waals surface area contributed by atoms with Gasteiger partial charge in [-0.3, -0.25) is 9.59 Å². The maximum atomic E-state index is 13.7. The number of amides is 2. The molecule has 172 valence electrons. The molecule has 1 fully saturated rings. The Hall–Kier alpha value is -3.20. The second-order valence-corrected chi connectivity index (χ2v) is 9.12. The molecule has 2 amide bonds. The number of thioether (sulfide) groups is 1. The van der Waals surface area contributed by atoms with Gasteiger partial charge in [0.1, 0.15) is 5.82 Å². The van der Waals surface area contributed by atoms with Gasteiger partial charge < -0.3 is 14.7 Å². The molecule has 0 radical (unpaired) electrons. The van der Waals surface area contributed by atoms with Crippen LogP contribution < -0.4 is 5.32 Å². The summed E-state index contributed by atoms with van der Waals surface area (Å²) in [4.78, 5) is 30.8. The number of nitrogens with one attached hydrogen (secondary N) is 1. The van der Waals surface area contributed by atoms with Crippen LogP contribution in [0, 0.1) is 12.7 Å². The van der Waals surface area contributed by atoms with Crippen molar-refractivity contribution in [3.63, 3.8) is 0 Å². The molecular formula is C24H25FN4O3S. The molecule has 0 saturated carbocycles. The van der Waals surface area contributed by atoms with E-state index in [2.05, 4.69) is 15.5 Å². The van der Waals surface area contributed by atoms with E-state index in [0.717, 1.165) is 30.2 Å². The molecule has 0 bridgehead atoms. The number of aryl methyl sites for hydroxylation is 2. The summed E-state index contributed by atoms with van der Waals surface area (Å²) in [6.45, 7) is 3.30. The molecule has 0 spiro atoms. The maximum Gasteiger partial charge on any atom is 0.227 e. The van der Waals surface area contributed by atoms with E-state index in [0.29, 0.717) is 29.1 Å². The van der Waals surface area contributed by atoms with Crippen LogP contribution in [0.15, 0.2) is 47.0 Å². The molecule has 33 heavy (non-hydrogen) atoms. The zero-order valence-electron chi connectivity index (χ0n) is 18.3. The van der Waals surface area contributed by atoms with Crippen LogP contribution in [0.25, 0.3) is 11.4 Å². The SMILES string of the molecule is Cc1ccc(-c2noc(CCC(=O)Nc3ccc(CC(=O)N4CCSCC4)cc3)n2)cc1F. The number of anilines is 1. The van der Waals surface area contributed by atoms with Crippen LogP contribution in [0.3, 0.4) is 0 Å². The predicted octanol–water partition coefficient (Wildman–Crippen LogP) is 3.87. The first kappa shape index (κ1) is 23.0. The molecule has 7 nitrogen and oxygen atoms in total. The van der Waals surface area contributed by atoms with E-state index in [4.69, 9.17) is 4.52 Å². The Bertz CT molecular complexity index is 1130. The lowest BCUT2D eigenvalue weighted by Gasteiger charge is -2.26. The number of rotatable bonds is 7. The average molecular weight is 469 g/mol. The fourth-order valence-electron chi connectivity index (χ4n) is 3.45. The van der Waals surface area contributed by atoms with Crippen molar-refractivity contribution in [3.05, 3.63) is 65.3 Å². The molecule has 2 aromatic carbocycles. The van der Waals surface area contributed by atoms with Gasteiger partial charge in [0.25, 0.3) is 0 Å². The average Bonchev–Trinajstić information content (AvgIpc) is 3.30. The summed E-state index contributed by atoms with van der Waals surface area (Å²) in [5.41, 5.74) is 2.64. The van der Waals surface area contributed by atoms with E-state index < -0.39 is 0 Å². The number of hydrogen-bond donors (Lipinski definition) is 1. The van der Waals surface area contributed by atoms with Gasteiger partial charge in [-0.15, -0.1) is 0 Å². The third-order valence-corrected chi connectivity index (χ3v) is 6.36. The number of carbonyl (C=O) groups excluding carboxylic acids is 2. The minimum Gasteiger partial charge on any atom is -0.341 e. The molecule has 3 aromatic rings. The van der Waals surface area contributed by atoms with Crippen LogP contribution in [-0.4, -0.2) is 51.5 Å². The Balaban J connectivity index is 1.25. The molecular weight excluding hydrogens is 443 g/mol. The molecule has 1 N–H and O–H groups in total. The molecule has 0 aliphatic carbocycles. The van der Waals surface area contributed by atoms with Gasteiger partial charge in [0.15, 0.2) is 0 Å². The Kier molecular flexibility index (Phi) is 7.39. The second-order valence-electron chi connectivity index (χ2n) is 7.89. The Labute approximate surface area is 195 Å². The molecule has 4 rings (SSSR count). The highest BCUT2D eigenvalue weighted by Gasteiger charge is 2.17. The highest BCUT2D eigenvalue weighted by atomic mass is 32.2. The molecule has 0 atom stereocenters. The number of halogens is 1. The van der Waals surface area contributed by atoms with Crippen molar-refractivity contribution in [2.24, 2.45) is 0 Å². The van der Waals surface area contributed by atoms with Crippen molar-refractivity contribution < 1.29 is 18.5 Å². The smallest absolute Gasteiger partial charge is 0.227 e. The van der Waals surface area contributed by atoms with Crippen molar-refractivity contribution >= 4 is 29.3 Å². The van der Waals surface area contributed by atoms with Crippen LogP contribution in [0.5, 0.6) is 0 Å². The number of aromatic nitrogens is 2. The second kappa shape index (κ2) is 10.6. The molecule has 1 aliphatic heterocycles. The number of hydrogen-bond acceptors (Lipinski definition) is 6. The van der Waals surface area contributed by atoms with Gasteiger partial charge in [0.05, 0.1) is 6.42 Å². The molecule has 1 aliphatic rings. The lowest BCUT2D eigenvalue weighted by molar-refractivity contribution is -0.130. The maximum absolute atomic E-state index is 13.7. The van der Waals surface area contributed by atoms with E-state index in [9.17, 15) is 14.0 Å². The van der Waals surface area contributed by atoms with Crippen LogP contribution >= 0.6 is 11.8 Å². The van der Waals surface area contributed by atoms with Crippen molar-refractivity contribution in [1.82, 2.24) is 15.0 Å². The van der Waals surface area contributed by atoms with Gasteiger partial charge in [-0.2, -0.15) is 16.7 Å². The predicted molar refractivity (Wildman–Crippen MR) is 125 cm³/mol. The normalized spacial score (nSPS) is 13.7. The largest absolute Gasteiger partial charge is 0.341 e. The zero-order valence-corrected chi connectivity index (χ0v) is 19.2. The Morgan fingerprint density at radius 3 is 2.64 bits per heavy atom. The van der Waals surface area contributed by atoms with E-state index in [1.165, 1.54) is 6.07 Å². The van der Waals surface area contributed by atoms with Crippen molar-refractivity contribution in [2.75, 3.05) is 29.9 Å². The van der Waals surface area contributed by atoms with Crippen LogP contribution in [0.2, 0.25) is 0 Å². The molecule has 1 saturated heterocycles. The number of benzene rings is 2. The van der Waals surface area contributed by atoms with E-state index >= 15 is 0 Å².